The number of methoxy groups -OCH3 is 1. The molecule has 2 atom stereocenters. The van der Waals surface area contributed by atoms with Gasteiger partial charge in [-0.05, 0) is 30.2 Å². The molecule has 0 fully saturated rings. The predicted molar refractivity (Wildman–Crippen MR) is 110 cm³/mol. The lowest BCUT2D eigenvalue weighted by atomic mass is 10.0. The summed E-state index contributed by atoms with van der Waals surface area (Å²) in [5.41, 5.74) is 6.11. The maximum atomic E-state index is 11.7. The predicted octanol–water partition coefficient (Wildman–Crippen LogP) is 2.94. The van der Waals surface area contributed by atoms with E-state index in [0.29, 0.717) is 18.8 Å². The fourth-order valence-corrected chi connectivity index (χ4v) is 2.34. The van der Waals surface area contributed by atoms with Gasteiger partial charge in [0.25, 0.3) is 0 Å². The van der Waals surface area contributed by atoms with Crippen LogP contribution in [-0.2, 0) is 25.7 Å². The van der Waals surface area contributed by atoms with Crippen LogP contribution in [0.15, 0.2) is 30.3 Å². The lowest BCUT2D eigenvalue weighted by Gasteiger charge is -2.18. The van der Waals surface area contributed by atoms with E-state index in [9.17, 15) is 14.4 Å². The molecule has 0 unspecified atom stereocenters. The summed E-state index contributed by atoms with van der Waals surface area (Å²) in [5, 5.41) is 10.8. The van der Waals surface area contributed by atoms with E-state index in [2.05, 4.69) is 10.1 Å². The zero-order chi connectivity index (χ0) is 22.4. The van der Waals surface area contributed by atoms with Gasteiger partial charge in [-0.2, -0.15) is 0 Å². The van der Waals surface area contributed by atoms with Crippen LogP contribution in [0.3, 0.4) is 0 Å². The Kier molecular flexibility index (Phi) is 13.1. The lowest BCUT2D eigenvalue weighted by molar-refractivity contribution is -0.143. The van der Waals surface area contributed by atoms with Gasteiger partial charge in [-0.3, -0.25) is 4.79 Å². The summed E-state index contributed by atoms with van der Waals surface area (Å²) in [6.07, 6.45) is 0.438. The van der Waals surface area contributed by atoms with Gasteiger partial charge in [-0.1, -0.05) is 58.0 Å². The van der Waals surface area contributed by atoms with Crippen LogP contribution in [0.5, 0.6) is 0 Å². The highest BCUT2D eigenvalue weighted by atomic mass is 16.6. The quantitative estimate of drug-likeness (QED) is 0.534. The minimum absolute atomic E-state index is 0.169. The maximum Gasteiger partial charge on any atom is 0.408 e. The van der Waals surface area contributed by atoms with Gasteiger partial charge in [0.2, 0.25) is 0 Å². The number of ether oxygens (including phenoxy) is 2. The topological polar surface area (TPSA) is 128 Å². The summed E-state index contributed by atoms with van der Waals surface area (Å²) in [6.45, 7) is 7.99. The molecule has 0 aromatic heterocycles. The molecular formula is C21H34N2O6. The van der Waals surface area contributed by atoms with Crippen LogP contribution in [0, 0.1) is 11.8 Å². The van der Waals surface area contributed by atoms with E-state index < -0.39 is 30.1 Å². The average molecular weight is 411 g/mol. The molecule has 0 bridgehead atoms. The molecule has 29 heavy (non-hydrogen) atoms. The van der Waals surface area contributed by atoms with Gasteiger partial charge in [0.1, 0.15) is 18.7 Å². The van der Waals surface area contributed by atoms with Crippen LogP contribution in [0.4, 0.5) is 4.79 Å². The summed E-state index contributed by atoms with van der Waals surface area (Å²) in [4.78, 5) is 33.4. The van der Waals surface area contributed by atoms with Gasteiger partial charge in [-0.25, -0.2) is 9.59 Å². The highest BCUT2D eigenvalue weighted by Gasteiger charge is 2.23. The van der Waals surface area contributed by atoms with Crippen molar-refractivity contribution in [2.24, 2.45) is 17.6 Å². The number of alkyl carbamates (subject to hydrolysis) is 1. The van der Waals surface area contributed by atoms with E-state index in [-0.39, 0.29) is 12.5 Å². The fourth-order valence-electron chi connectivity index (χ4n) is 2.34. The summed E-state index contributed by atoms with van der Waals surface area (Å²) in [7, 11) is 1.30. The molecule has 1 amide bonds. The number of esters is 1. The smallest absolute Gasteiger partial charge is 0.408 e. The minimum atomic E-state index is -0.913. The van der Waals surface area contributed by atoms with E-state index in [1.165, 1.54) is 7.11 Å². The van der Waals surface area contributed by atoms with Crippen LogP contribution in [0.1, 0.15) is 46.1 Å². The van der Waals surface area contributed by atoms with Crippen molar-refractivity contribution in [2.45, 2.75) is 59.2 Å². The van der Waals surface area contributed by atoms with Crippen molar-refractivity contribution >= 4 is 18.0 Å². The monoisotopic (exact) mass is 410 g/mol. The molecule has 8 heteroatoms. The number of hydrogen-bond donors (Lipinski definition) is 3. The largest absolute Gasteiger partial charge is 0.480 e. The molecule has 164 valence electrons. The minimum Gasteiger partial charge on any atom is -0.480 e. The van der Waals surface area contributed by atoms with Crippen LogP contribution >= 0.6 is 0 Å². The van der Waals surface area contributed by atoms with E-state index >= 15 is 0 Å². The first-order valence-corrected chi connectivity index (χ1v) is 9.60. The Morgan fingerprint density at radius 1 is 1.03 bits per heavy atom. The standard InChI is InChI=1S/C15H21NO4.C6H13NO2/c1-11(2)9-13(14(17)19-3)16-15(18)20-10-12-7-5-4-6-8-12;1-4(2)3-5(7)6(8)9/h4-8,11,13H,9-10H2,1-3H3,(H,16,18);4-5H,3,7H2,1-2H3,(H,8,9)/t13-;5-/m00/s1. The van der Waals surface area contributed by atoms with Gasteiger partial charge in [-0.15, -0.1) is 0 Å². The molecule has 0 heterocycles. The third-order valence-corrected chi connectivity index (χ3v) is 3.74. The number of carboxylic acids is 1. The Balaban J connectivity index is 0.000000734. The van der Waals surface area contributed by atoms with E-state index in [1.54, 1.807) is 0 Å². The molecule has 0 saturated carbocycles. The number of nitrogens with one attached hydrogen (secondary N) is 1. The molecule has 0 saturated heterocycles. The first kappa shape index (κ1) is 26.4. The van der Waals surface area contributed by atoms with E-state index in [4.69, 9.17) is 15.6 Å². The number of rotatable bonds is 9. The van der Waals surface area contributed by atoms with Gasteiger partial charge in [0.05, 0.1) is 7.11 Å². The number of aliphatic carboxylic acids is 1. The maximum absolute atomic E-state index is 11.7. The average Bonchev–Trinajstić information content (AvgIpc) is 2.65. The third kappa shape index (κ3) is 13.2. The van der Waals surface area contributed by atoms with Crippen LogP contribution in [0.25, 0.3) is 0 Å². The molecule has 8 nitrogen and oxygen atoms in total. The highest BCUT2D eigenvalue weighted by Crippen LogP contribution is 2.07. The zero-order valence-electron chi connectivity index (χ0n) is 17.9. The Morgan fingerprint density at radius 2 is 1.59 bits per heavy atom. The summed E-state index contributed by atoms with van der Waals surface area (Å²) >= 11 is 0. The van der Waals surface area contributed by atoms with Crippen molar-refractivity contribution in [2.75, 3.05) is 7.11 Å². The molecule has 0 radical (unpaired) electrons. The van der Waals surface area contributed by atoms with Crippen molar-refractivity contribution in [1.82, 2.24) is 5.32 Å². The summed E-state index contributed by atoms with van der Waals surface area (Å²) in [6, 6.07) is 7.98. The number of carbonyl (C=O) groups is 3. The molecule has 1 rings (SSSR count). The Morgan fingerprint density at radius 3 is 2.00 bits per heavy atom. The molecule has 0 aliphatic heterocycles. The summed E-state index contributed by atoms with van der Waals surface area (Å²) < 4.78 is 9.74. The third-order valence-electron chi connectivity index (χ3n) is 3.74. The molecule has 0 aliphatic carbocycles. The number of hydrogen-bond acceptors (Lipinski definition) is 6. The second-order valence-corrected chi connectivity index (χ2v) is 7.49. The van der Waals surface area contributed by atoms with Crippen molar-refractivity contribution < 1.29 is 29.0 Å². The zero-order valence-corrected chi connectivity index (χ0v) is 17.9. The normalized spacial score (nSPS) is 12.4. The Hall–Kier alpha value is -2.61. The first-order valence-electron chi connectivity index (χ1n) is 9.60. The molecule has 1 aromatic rings. The molecular weight excluding hydrogens is 376 g/mol. The number of benzene rings is 1. The van der Waals surface area contributed by atoms with Gasteiger partial charge < -0.3 is 25.6 Å². The molecule has 0 spiro atoms. The van der Waals surface area contributed by atoms with Crippen molar-refractivity contribution in [3.8, 4) is 0 Å². The molecule has 4 N–H and O–H groups in total. The van der Waals surface area contributed by atoms with Crippen molar-refractivity contribution in [3.05, 3.63) is 35.9 Å². The summed E-state index contributed by atoms with van der Waals surface area (Å²) in [5.74, 6) is -0.760. The highest BCUT2D eigenvalue weighted by molar-refractivity contribution is 5.81. The first-order chi connectivity index (χ1) is 13.6. The van der Waals surface area contributed by atoms with E-state index in [0.717, 1.165) is 5.56 Å². The number of carboxylic acid groups (broad SMARTS) is 1. The second-order valence-electron chi connectivity index (χ2n) is 7.49. The number of nitrogens with two attached hydrogens (primary N) is 1. The molecule has 0 aliphatic rings. The number of carbonyl (C=O) groups excluding carboxylic acids is 2. The van der Waals surface area contributed by atoms with Crippen LogP contribution in [-0.4, -0.2) is 42.3 Å². The van der Waals surface area contributed by atoms with Crippen LogP contribution < -0.4 is 11.1 Å². The van der Waals surface area contributed by atoms with Crippen molar-refractivity contribution in [3.63, 3.8) is 0 Å². The second kappa shape index (κ2) is 14.4. The van der Waals surface area contributed by atoms with Gasteiger partial charge in [0, 0.05) is 0 Å². The number of amides is 1. The molecule has 1 aromatic carbocycles. The van der Waals surface area contributed by atoms with E-state index in [1.807, 2.05) is 58.0 Å². The Bertz CT molecular complexity index is 619. The Labute approximate surface area is 172 Å². The van der Waals surface area contributed by atoms with Gasteiger partial charge in [0.15, 0.2) is 0 Å². The fraction of sp³-hybridized carbons (Fsp3) is 0.571. The SMILES string of the molecule is CC(C)C[C@H](N)C(=O)O.COC(=O)[C@H](CC(C)C)NC(=O)OCc1ccccc1. The van der Waals surface area contributed by atoms with Crippen LogP contribution in [0.2, 0.25) is 0 Å². The van der Waals surface area contributed by atoms with Crippen molar-refractivity contribution in [1.29, 1.82) is 0 Å². The lowest BCUT2D eigenvalue weighted by Crippen LogP contribution is -2.42. The van der Waals surface area contributed by atoms with Gasteiger partial charge >= 0.3 is 18.0 Å².